The number of halogens is 4. The molecule has 1 rings (SSSR count). The van der Waals surface area contributed by atoms with Gasteiger partial charge in [0.05, 0.1) is 5.69 Å². The number of nitrogens with zero attached hydrogens (tertiary/aromatic N) is 2. The van der Waals surface area contributed by atoms with E-state index in [0.717, 1.165) is 0 Å². The second kappa shape index (κ2) is 4.60. The Morgan fingerprint density at radius 1 is 1.31 bits per heavy atom. The van der Waals surface area contributed by atoms with E-state index in [4.69, 9.17) is 5.73 Å². The summed E-state index contributed by atoms with van der Waals surface area (Å²) in [6, 6.07) is 0. The first-order valence-electron chi connectivity index (χ1n) is 4.22. The highest BCUT2D eigenvalue weighted by atomic mass is 19.4. The number of nitrogen functional groups attached to an aromatic ring is 1. The van der Waals surface area contributed by atoms with Crippen molar-refractivity contribution >= 4 is 5.82 Å². The first kappa shape index (κ1) is 12.6. The number of hydrogen-bond donors (Lipinski definition) is 1. The fourth-order valence-electron chi connectivity index (χ4n) is 0.964. The Labute approximate surface area is 88.4 Å². The number of alkyl halides is 3. The zero-order chi connectivity index (χ0) is 12.3. The molecule has 1 aromatic heterocycles. The van der Waals surface area contributed by atoms with Crippen molar-refractivity contribution in [2.45, 2.75) is 19.7 Å². The van der Waals surface area contributed by atoms with Gasteiger partial charge in [-0.25, -0.2) is 14.4 Å². The van der Waals surface area contributed by atoms with Gasteiger partial charge < -0.3 is 10.5 Å². The molecule has 0 fully saturated rings. The quantitative estimate of drug-likeness (QED) is 0.813. The second-order valence-electron chi connectivity index (χ2n) is 3.03. The molecule has 0 aliphatic heterocycles. The van der Waals surface area contributed by atoms with Crippen molar-refractivity contribution in [1.82, 2.24) is 9.97 Å². The lowest BCUT2D eigenvalue weighted by Crippen LogP contribution is -2.17. The van der Waals surface area contributed by atoms with Gasteiger partial charge in [-0.1, -0.05) is 0 Å². The molecule has 1 heterocycles. The van der Waals surface area contributed by atoms with Gasteiger partial charge in [-0.3, -0.25) is 0 Å². The lowest BCUT2D eigenvalue weighted by Gasteiger charge is -2.08. The number of hydrogen-bond acceptors (Lipinski definition) is 4. The van der Waals surface area contributed by atoms with Gasteiger partial charge in [0, 0.05) is 0 Å². The SMILES string of the molecule is Cc1nc(COCC(F)(F)F)nc(N)c1F. The van der Waals surface area contributed by atoms with Crippen LogP contribution in [0, 0.1) is 12.7 Å². The third-order valence-electron chi connectivity index (χ3n) is 1.59. The molecule has 1 aromatic rings. The van der Waals surface area contributed by atoms with Crippen LogP contribution in [0.15, 0.2) is 0 Å². The van der Waals surface area contributed by atoms with E-state index in [1.807, 2.05) is 0 Å². The summed E-state index contributed by atoms with van der Waals surface area (Å²) in [5.74, 6) is -1.27. The number of nitrogens with two attached hydrogens (primary N) is 1. The zero-order valence-corrected chi connectivity index (χ0v) is 8.31. The van der Waals surface area contributed by atoms with E-state index in [9.17, 15) is 17.6 Å². The fraction of sp³-hybridized carbons (Fsp3) is 0.500. The highest BCUT2D eigenvalue weighted by Crippen LogP contribution is 2.16. The molecule has 0 saturated heterocycles. The summed E-state index contributed by atoms with van der Waals surface area (Å²) in [5, 5.41) is 0. The maximum Gasteiger partial charge on any atom is 0.411 e. The van der Waals surface area contributed by atoms with E-state index in [-0.39, 0.29) is 11.5 Å². The van der Waals surface area contributed by atoms with Gasteiger partial charge in [0.2, 0.25) is 0 Å². The maximum atomic E-state index is 13.0. The number of aryl methyl sites for hydroxylation is 1. The van der Waals surface area contributed by atoms with E-state index in [0.29, 0.717) is 0 Å². The first-order chi connectivity index (χ1) is 7.29. The van der Waals surface area contributed by atoms with Gasteiger partial charge in [-0.2, -0.15) is 13.2 Å². The van der Waals surface area contributed by atoms with Crippen LogP contribution in [0.4, 0.5) is 23.4 Å². The highest BCUT2D eigenvalue weighted by Gasteiger charge is 2.27. The summed E-state index contributed by atoms with van der Waals surface area (Å²) in [7, 11) is 0. The Bertz CT molecular complexity index is 357. The van der Waals surface area contributed by atoms with Gasteiger partial charge in [0.1, 0.15) is 13.2 Å². The Morgan fingerprint density at radius 3 is 2.44 bits per heavy atom. The van der Waals surface area contributed by atoms with Crippen LogP contribution in [-0.4, -0.2) is 22.8 Å². The molecule has 4 nitrogen and oxygen atoms in total. The summed E-state index contributed by atoms with van der Waals surface area (Å²) in [5.41, 5.74) is 5.15. The zero-order valence-electron chi connectivity index (χ0n) is 8.31. The van der Waals surface area contributed by atoms with E-state index < -0.39 is 31.0 Å². The Hall–Kier alpha value is -1.44. The second-order valence-corrected chi connectivity index (χ2v) is 3.03. The van der Waals surface area contributed by atoms with Crippen LogP contribution in [0.5, 0.6) is 0 Å². The molecule has 0 atom stereocenters. The van der Waals surface area contributed by atoms with Gasteiger partial charge in [-0.05, 0) is 6.92 Å². The summed E-state index contributed by atoms with van der Waals surface area (Å²) in [6.45, 7) is -0.544. The Morgan fingerprint density at radius 2 is 1.94 bits per heavy atom. The van der Waals surface area contributed by atoms with E-state index in [2.05, 4.69) is 14.7 Å². The van der Waals surface area contributed by atoms with Crippen LogP contribution in [0.3, 0.4) is 0 Å². The van der Waals surface area contributed by atoms with Crippen LogP contribution in [-0.2, 0) is 11.3 Å². The largest absolute Gasteiger partial charge is 0.411 e. The van der Waals surface area contributed by atoms with Crippen molar-refractivity contribution in [3.63, 3.8) is 0 Å². The van der Waals surface area contributed by atoms with Crippen molar-refractivity contribution in [2.24, 2.45) is 0 Å². The van der Waals surface area contributed by atoms with Gasteiger partial charge in [0.25, 0.3) is 0 Å². The number of anilines is 1. The van der Waals surface area contributed by atoms with E-state index >= 15 is 0 Å². The molecule has 0 aromatic carbocycles. The predicted molar refractivity (Wildman–Crippen MR) is 46.9 cm³/mol. The standard InChI is InChI=1S/C8H9F4N3O/c1-4-6(9)7(13)15-5(14-4)2-16-3-8(10,11)12/h2-3H2,1H3,(H2,13,14,15). The molecule has 0 unspecified atom stereocenters. The maximum absolute atomic E-state index is 13.0. The van der Waals surface area contributed by atoms with Crippen LogP contribution < -0.4 is 5.73 Å². The van der Waals surface area contributed by atoms with Crippen LogP contribution in [0.2, 0.25) is 0 Å². The molecule has 0 amide bonds. The molecule has 2 N–H and O–H groups in total. The van der Waals surface area contributed by atoms with Crippen LogP contribution in [0.25, 0.3) is 0 Å². The fourth-order valence-corrected chi connectivity index (χ4v) is 0.964. The lowest BCUT2D eigenvalue weighted by atomic mass is 10.4. The normalized spacial score (nSPS) is 11.8. The third-order valence-corrected chi connectivity index (χ3v) is 1.59. The molecular formula is C8H9F4N3O. The summed E-state index contributed by atoms with van der Waals surface area (Å²) >= 11 is 0. The topological polar surface area (TPSA) is 61.0 Å². The minimum Gasteiger partial charge on any atom is -0.381 e. The molecule has 8 heteroatoms. The molecule has 90 valence electrons. The predicted octanol–water partition coefficient (Wildman–Crippen LogP) is 1.59. The third kappa shape index (κ3) is 3.61. The summed E-state index contributed by atoms with van der Waals surface area (Å²) in [6.07, 6.45) is -4.42. The molecule has 0 spiro atoms. The van der Waals surface area contributed by atoms with Crippen molar-refractivity contribution in [3.05, 3.63) is 17.3 Å². The smallest absolute Gasteiger partial charge is 0.381 e. The van der Waals surface area contributed by atoms with E-state index in [1.165, 1.54) is 6.92 Å². The molecule has 16 heavy (non-hydrogen) atoms. The highest BCUT2D eigenvalue weighted by molar-refractivity contribution is 5.31. The minimum atomic E-state index is -4.42. The number of ether oxygens (including phenoxy) is 1. The average Bonchev–Trinajstić information content (AvgIpc) is 2.12. The molecule has 0 aliphatic carbocycles. The monoisotopic (exact) mass is 239 g/mol. The lowest BCUT2D eigenvalue weighted by molar-refractivity contribution is -0.177. The van der Waals surface area contributed by atoms with Crippen molar-refractivity contribution in [3.8, 4) is 0 Å². The number of aromatic nitrogens is 2. The van der Waals surface area contributed by atoms with E-state index in [1.54, 1.807) is 0 Å². The van der Waals surface area contributed by atoms with Crippen molar-refractivity contribution < 1.29 is 22.3 Å². The molecular weight excluding hydrogens is 230 g/mol. The summed E-state index contributed by atoms with van der Waals surface area (Å²) < 4.78 is 52.4. The first-order valence-corrected chi connectivity index (χ1v) is 4.22. The van der Waals surface area contributed by atoms with Crippen molar-refractivity contribution in [2.75, 3.05) is 12.3 Å². The Balaban J connectivity index is 2.62. The van der Waals surface area contributed by atoms with Gasteiger partial charge in [0.15, 0.2) is 17.5 Å². The molecule has 0 bridgehead atoms. The minimum absolute atomic E-state index is 0.0295. The molecule has 0 radical (unpaired) electrons. The van der Waals surface area contributed by atoms with Gasteiger partial charge in [-0.15, -0.1) is 0 Å². The number of rotatable bonds is 3. The molecule has 0 aliphatic rings. The van der Waals surface area contributed by atoms with Crippen LogP contribution in [0.1, 0.15) is 11.5 Å². The molecule has 0 saturated carbocycles. The Kier molecular flexibility index (Phi) is 3.63. The van der Waals surface area contributed by atoms with Crippen molar-refractivity contribution in [1.29, 1.82) is 0 Å². The summed E-state index contributed by atoms with van der Waals surface area (Å²) in [4.78, 5) is 7.05. The van der Waals surface area contributed by atoms with Gasteiger partial charge >= 0.3 is 6.18 Å². The van der Waals surface area contributed by atoms with Crippen LogP contribution >= 0.6 is 0 Å². The average molecular weight is 239 g/mol.